The van der Waals surface area contributed by atoms with Gasteiger partial charge in [-0.05, 0) is 24.3 Å². The van der Waals surface area contributed by atoms with Gasteiger partial charge in [-0.1, -0.05) is 21.6 Å². The first-order valence-electron chi connectivity index (χ1n) is 13.3. The zero-order chi connectivity index (χ0) is 38.0. The van der Waals surface area contributed by atoms with E-state index < -0.39 is 115 Å². The van der Waals surface area contributed by atoms with Gasteiger partial charge in [0, 0.05) is 51.3 Å². The van der Waals surface area contributed by atoms with Gasteiger partial charge in [0.2, 0.25) is 0 Å². The fourth-order valence-electron chi connectivity index (χ4n) is 3.48. The molecule has 2 rings (SSSR count). The minimum absolute atomic E-state index is 0.315. The molecule has 262 valence electrons. The van der Waals surface area contributed by atoms with Crippen molar-refractivity contribution in [3.63, 3.8) is 0 Å². The minimum atomic E-state index is -1.50. The number of carbonyl (C=O) groups is 12. The van der Waals surface area contributed by atoms with Crippen LogP contribution in [0.3, 0.4) is 0 Å². The summed E-state index contributed by atoms with van der Waals surface area (Å²) in [6.07, 6.45) is 0. The molecule has 0 radical (unpaired) electrons. The van der Waals surface area contributed by atoms with Crippen molar-refractivity contribution in [1.82, 2.24) is 0 Å². The molecule has 0 heterocycles. The molecule has 2 aromatic rings. The second-order valence-electron chi connectivity index (χ2n) is 9.25. The molecule has 0 aliphatic carbocycles. The zero-order valence-corrected chi connectivity index (χ0v) is 28.1. The molecule has 18 nitrogen and oxygen atoms in total. The van der Waals surface area contributed by atoms with Gasteiger partial charge < -0.3 is 28.4 Å². The van der Waals surface area contributed by atoms with E-state index in [-0.39, 0.29) is 0 Å². The van der Waals surface area contributed by atoms with Crippen LogP contribution in [0.15, 0.2) is 34.1 Å². The molecule has 50 heavy (non-hydrogen) atoms. The average Bonchev–Trinajstić information content (AvgIpc) is 2.97. The Morgan fingerprint density at radius 3 is 0.700 bits per heavy atom. The summed E-state index contributed by atoms with van der Waals surface area (Å²) >= 11 is 0. The van der Waals surface area contributed by atoms with Gasteiger partial charge in [0.25, 0.3) is 0 Å². The zero-order valence-electron chi connectivity index (χ0n) is 26.5. The highest BCUT2D eigenvalue weighted by atomic mass is 33.1. The van der Waals surface area contributed by atoms with Gasteiger partial charge >= 0.3 is 71.6 Å². The van der Waals surface area contributed by atoms with Crippen LogP contribution < -0.4 is 0 Å². The summed E-state index contributed by atoms with van der Waals surface area (Å²) in [7, 11) is 0.631. The van der Waals surface area contributed by atoms with E-state index in [1.165, 1.54) is 0 Å². The molecule has 0 aromatic heterocycles. The molecule has 0 N–H and O–H groups in total. The summed E-state index contributed by atoms with van der Waals surface area (Å²) in [5, 5.41) is 0. The summed E-state index contributed by atoms with van der Waals surface area (Å²) in [5.74, 6) is -15.6. The molecule has 0 aliphatic heterocycles. The topological polar surface area (TPSA) is 260 Å². The summed E-state index contributed by atoms with van der Waals surface area (Å²) < 4.78 is 27.4. The van der Waals surface area contributed by atoms with Crippen molar-refractivity contribution in [2.45, 2.75) is 51.3 Å². The quantitative estimate of drug-likeness (QED) is 0.155. The molecule has 0 saturated carbocycles. The highest BCUT2D eigenvalue weighted by Crippen LogP contribution is 2.45. The molecule has 0 bridgehead atoms. The lowest BCUT2D eigenvalue weighted by Gasteiger charge is -2.16. The van der Waals surface area contributed by atoms with Crippen LogP contribution in [0.2, 0.25) is 0 Å². The van der Waals surface area contributed by atoms with E-state index in [9.17, 15) is 57.5 Å². The van der Waals surface area contributed by atoms with Gasteiger partial charge in [0.1, 0.15) is 0 Å². The lowest BCUT2D eigenvalue weighted by atomic mass is 10.0. The summed E-state index contributed by atoms with van der Waals surface area (Å²) in [5.41, 5.74) is -4.32. The van der Waals surface area contributed by atoms with Crippen LogP contribution >= 0.6 is 21.6 Å². The number of hydrogen-bond acceptors (Lipinski definition) is 20. The Labute approximate surface area is 287 Å². The lowest BCUT2D eigenvalue weighted by Crippen LogP contribution is -2.19. The molecule has 2 aromatic carbocycles. The van der Waals surface area contributed by atoms with Crippen LogP contribution in [0.1, 0.15) is 104 Å². The second kappa shape index (κ2) is 17.4. The molecular weight excluding hydrogens is 712 g/mol. The van der Waals surface area contributed by atoms with Crippen molar-refractivity contribution >= 4 is 93.2 Å². The molecule has 0 unspecified atom stereocenters. The largest absolute Gasteiger partial charge is 0.390 e. The van der Waals surface area contributed by atoms with Gasteiger partial charge in [0.15, 0.2) is 0 Å². The Hall–Kier alpha value is -6.02. The number of ether oxygens (including phenoxy) is 6. The van der Waals surface area contributed by atoms with Crippen molar-refractivity contribution in [1.29, 1.82) is 0 Å². The SMILES string of the molecule is CC(=O)OC(=O)c1cc(C(=O)OC(C)=O)c(SSc2c(C(=O)OC(C)=O)cc(C(=O)OC(C)=O)cc2C(=O)OC(C)=O)c(C(=O)OC(C)=O)c1. The number of benzene rings is 2. The van der Waals surface area contributed by atoms with Crippen molar-refractivity contribution in [3.05, 3.63) is 57.6 Å². The van der Waals surface area contributed by atoms with E-state index >= 15 is 0 Å². The van der Waals surface area contributed by atoms with E-state index in [2.05, 4.69) is 28.4 Å². The van der Waals surface area contributed by atoms with E-state index in [0.29, 0.717) is 21.6 Å². The number of carbonyl (C=O) groups excluding carboxylic acids is 12. The van der Waals surface area contributed by atoms with Gasteiger partial charge in [-0.25, -0.2) is 28.8 Å². The molecule has 20 heteroatoms. The third-order valence-electron chi connectivity index (χ3n) is 5.16. The molecule has 0 atom stereocenters. The fourth-order valence-corrected chi connectivity index (χ4v) is 6.16. The van der Waals surface area contributed by atoms with E-state index in [0.717, 1.165) is 65.8 Å². The summed E-state index contributed by atoms with van der Waals surface area (Å²) in [6.45, 7) is 5.05. The number of hydrogen-bond donors (Lipinski definition) is 0. The average molecular weight is 735 g/mol. The molecule has 0 aliphatic rings. The molecule has 0 saturated heterocycles. The Bertz CT molecular complexity index is 1660. The fraction of sp³-hybridized carbons (Fsp3) is 0.200. The van der Waals surface area contributed by atoms with Gasteiger partial charge in [-0.15, -0.1) is 0 Å². The van der Waals surface area contributed by atoms with Crippen LogP contribution in [0.25, 0.3) is 0 Å². The van der Waals surface area contributed by atoms with Crippen molar-refractivity contribution < 1.29 is 86.0 Å². The summed E-state index contributed by atoms with van der Waals surface area (Å²) in [6, 6.07) is 2.95. The van der Waals surface area contributed by atoms with Gasteiger partial charge in [0.05, 0.1) is 33.4 Å². The van der Waals surface area contributed by atoms with Crippen molar-refractivity contribution in [2.75, 3.05) is 0 Å². The third kappa shape index (κ3) is 11.3. The van der Waals surface area contributed by atoms with Crippen LogP contribution in [-0.2, 0) is 57.2 Å². The number of esters is 12. The van der Waals surface area contributed by atoms with E-state index in [1.807, 2.05) is 0 Å². The first kappa shape index (κ1) is 40.2. The van der Waals surface area contributed by atoms with Crippen LogP contribution in [0.4, 0.5) is 0 Å². The van der Waals surface area contributed by atoms with Gasteiger partial charge in [-0.2, -0.15) is 0 Å². The Morgan fingerprint density at radius 1 is 0.340 bits per heavy atom. The Kier molecular flexibility index (Phi) is 14.0. The van der Waals surface area contributed by atoms with Gasteiger partial charge in [-0.3, -0.25) is 28.8 Å². The minimum Gasteiger partial charge on any atom is -0.390 e. The van der Waals surface area contributed by atoms with Crippen LogP contribution in [0.5, 0.6) is 0 Å². The predicted octanol–water partition coefficient (Wildman–Crippen LogP) is 2.71. The standard InChI is InChI=1S/C30H22O18S2/c1-11(31)43-25(37)17-7-19(27(39)45-13(3)33)23(20(8-17)28(40)46-14(4)34)49-50-24-21(29(41)47-15(5)35)9-18(26(38)44-12(2)32)10-22(24)30(42)48-16(6)36/h7-10H,1-6H3. The van der Waals surface area contributed by atoms with Crippen LogP contribution in [-0.4, -0.2) is 71.6 Å². The maximum Gasteiger partial charge on any atom is 0.347 e. The lowest BCUT2D eigenvalue weighted by molar-refractivity contribution is -0.136. The maximum absolute atomic E-state index is 13.1. The number of rotatable bonds is 9. The third-order valence-corrected chi connectivity index (χ3v) is 7.70. The van der Waals surface area contributed by atoms with Crippen molar-refractivity contribution in [2.24, 2.45) is 0 Å². The highest BCUT2D eigenvalue weighted by molar-refractivity contribution is 8.76. The second-order valence-corrected chi connectivity index (χ2v) is 11.4. The molecule has 0 fully saturated rings. The van der Waals surface area contributed by atoms with Crippen molar-refractivity contribution in [3.8, 4) is 0 Å². The van der Waals surface area contributed by atoms with E-state index in [1.54, 1.807) is 0 Å². The first-order chi connectivity index (χ1) is 23.2. The monoisotopic (exact) mass is 734 g/mol. The van der Waals surface area contributed by atoms with E-state index in [4.69, 9.17) is 0 Å². The normalized spacial score (nSPS) is 10.1. The maximum atomic E-state index is 13.1. The highest BCUT2D eigenvalue weighted by Gasteiger charge is 2.31. The Balaban J connectivity index is 3.00. The van der Waals surface area contributed by atoms with Crippen LogP contribution in [0, 0.1) is 0 Å². The molecule has 0 spiro atoms. The summed E-state index contributed by atoms with van der Waals surface area (Å²) in [4.78, 5) is 146. The molecular formula is C30H22O18S2. The first-order valence-corrected chi connectivity index (χ1v) is 15.4. The predicted molar refractivity (Wildman–Crippen MR) is 161 cm³/mol. The Morgan fingerprint density at radius 2 is 0.520 bits per heavy atom. The smallest absolute Gasteiger partial charge is 0.347 e. The molecule has 0 amide bonds.